The molecule has 0 amide bonds. The summed E-state index contributed by atoms with van der Waals surface area (Å²) in [5.41, 5.74) is 5.22. The zero-order valence-electron chi connectivity index (χ0n) is 17.5. The van der Waals surface area contributed by atoms with Gasteiger partial charge in [-0.25, -0.2) is 0 Å². The second kappa shape index (κ2) is 8.87. The van der Waals surface area contributed by atoms with E-state index in [1.165, 1.54) is 22.3 Å². The molecular formula is C26H30OS. The van der Waals surface area contributed by atoms with E-state index >= 15 is 0 Å². The summed E-state index contributed by atoms with van der Waals surface area (Å²) in [5, 5.41) is 0. The number of thiophene rings is 1. The molecular weight excluding hydrogens is 360 g/mol. The SMILES string of the molecule is CC(C)c1cccc(Cc2cccc(-c3ccc(C(=O)C(C)C(C)C)s3)c2)c1. The largest absolute Gasteiger partial charge is 0.293 e. The third kappa shape index (κ3) is 4.80. The predicted molar refractivity (Wildman–Crippen MR) is 121 cm³/mol. The van der Waals surface area contributed by atoms with Crippen LogP contribution in [0.5, 0.6) is 0 Å². The van der Waals surface area contributed by atoms with Crippen LogP contribution >= 0.6 is 11.3 Å². The first-order chi connectivity index (χ1) is 13.3. The molecule has 0 fully saturated rings. The van der Waals surface area contributed by atoms with Crippen LogP contribution in [-0.4, -0.2) is 5.78 Å². The lowest BCUT2D eigenvalue weighted by Gasteiger charge is -2.12. The summed E-state index contributed by atoms with van der Waals surface area (Å²) in [6.45, 7) is 10.7. The Morgan fingerprint density at radius 3 is 2.21 bits per heavy atom. The van der Waals surface area contributed by atoms with Gasteiger partial charge in [0.25, 0.3) is 0 Å². The van der Waals surface area contributed by atoms with Crippen molar-refractivity contribution in [3.8, 4) is 10.4 Å². The van der Waals surface area contributed by atoms with Gasteiger partial charge in [0.1, 0.15) is 0 Å². The maximum absolute atomic E-state index is 12.6. The maximum Gasteiger partial charge on any atom is 0.175 e. The summed E-state index contributed by atoms with van der Waals surface area (Å²) in [7, 11) is 0. The highest BCUT2D eigenvalue weighted by Gasteiger charge is 2.20. The van der Waals surface area contributed by atoms with Gasteiger partial charge in [-0.3, -0.25) is 4.79 Å². The standard InChI is InChI=1S/C26H30OS/c1-17(2)19(5)26(27)25-13-12-24(28-25)23-11-7-9-21(16-23)14-20-8-6-10-22(15-20)18(3)4/h6-13,15-19H,14H2,1-5H3. The predicted octanol–water partition coefficient (Wildman–Crippen LogP) is 7.60. The summed E-state index contributed by atoms with van der Waals surface area (Å²) in [5.74, 6) is 1.23. The molecule has 2 heteroatoms. The van der Waals surface area contributed by atoms with Crippen molar-refractivity contribution in [3.63, 3.8) is 0 Å². The van der Waals surface area contributed by atoms with Gasteiger partial charge in [0.05, 0.1) is 4.88 Å². The number of carbonyl (C=O) groups excluding carboxylic acids is 1. The fraction of sp³-hybridized carbons (Fsp3) is 0.346. The highest BCUT2D eigenvalue weighted by Crippen LogP contribution is 2.31. The first-order valence-electron chi connectivity index (χ1n) is 10.2. The summed E-state index contributed by atoms with van der Waals surface area (Å²) < 4.78 is 0. The third-order valence-electron chi connectivity index (χ3n) is 5.50. The lowest BCUT2D eigenvalue weighted by Crippen LogP contribution is -2.15. The Labute approximate surface area is 173 Å². The fourth-order valence-electron chi connectivity index (χ4n) is 3.29. The second-order valence-corrected chi connectivity index (χ2v) is 9.42. The van der Waals surface area contributed by atoms with Gasteiger partial charge < -0.3 is 0 Å². The molecule has 3 rings (SSSR count). The van der Waals surface area contributed by atoms with Crippen molar-refractivity contribution in [1.29, 1.82) is 0 Å². The minimum absolute atomic E-state index is 0.0612. The average Bonchev–Trinajstić information content (AvgIpc) is 3.17. The van der Waals surface area contributed by atoms with E-state index in [-0.39, 0.29) is 11.7 Å². The van der Waals surface area contributed by atoms with E-state index in [1.807, 2.05) is 13.0 Å². The van der Waals surface area contributed by atoms with Crippen LogP contribution in [0.4, 0.5) is 0 Å². The maximum atomic E-state index is 12.6. The van der Waals surface area contributed by atoms with Crippen molar-refractivity contribution in [1.82, 2.24) is 0 Å². The first kappa shape index (κ1) is 20.5. The molecule has 0 N–H and O–H groups in total. The highest BCUT2D eigenvalue weighted by atomic mass is 32.1. The van der Waals surface area contributed by atoms with Gasteiger partial charge >= 0.3 is 0 Å². The monoisotopic (exact) mass is 390 g/mol. The fourth-order valence-corrected chi connectivity index (χ4v) is 4.33. The summed E-state index contributed by atoms with van der Waals surface area (Å²) in [4.78, 5) is 14.7. The minimum Gasteiger partial charge on any atom is -0.293 e. The van der Waals surface area contributed by atoms with E-state index in [1.54, 1.807) is 11.3 Å². The van der Waals surface area contributed by atoms with Crippen LogP contribution in [-0.2, 0) is 6.42 Å². The minimum atomic E-state index is 0.0612. The van der Waals surface area contributed by atoms with Crippen LogP contribution in [0.2, 0.25) is 0 Å². The van der Waals surface area contributed by atoms with Crippen molar-refractivity contribution in [2.45, 2.75) is 47.0 Å². The van der Waals surface area contributed by atoms with Crippen molar-refractivity contribution >= 4 is 17.1 Å². The van der Waals surface area contributed by atoms with Gasteiger partial charge in [0, 0.05) is 10.8 Å². The Morgan fingerprint density at radius 1 is 0.857 bits per heavy atom. The molecule has 1 nitrogen and oxygen atoms in total. The molecule has 0 aliphatic rings. The molecule has 28 heavy (non-hydrogen) atoms. The van der Waals surface area contributed by atoms with Crippen LogP contribution in [0.15, 0.2) is 60.7 Å². The van der Waals surface area contributed by atoms with Gasteiger partial charge in [-0.1, -0.05) is 83.1 Å². The Bertz CT molecular complexity index is 948. The zero-order valence-corrected chi connectivity index (χ0v) is 18.3. The van der Waals surface area contributed by atoms with E-state index in [4.69, 9.17) is 0 Å². The Morgan fingerprint density at radius 2 is 1.54 bits per heavy atom. The van der Waals surface area contributed by atoms with Crippen LogP contribution < -0.4 is 0 Å². The van der Waals surface area contributed by atoms with Crippen molar-refractivity contribution in [2.75, 3.05) is 0 Å². The Balaban J connectivity index is 1.81. The number of carbonyl (C=O) groups is 1. The van der Waals surface area contributed by atoms with Gasteiger partial charge in [-0.15, -0.1) is 11.3 Å². The van der Waals surface area contributed by atoms with Crippen molar-refractivity contribution in [3.05, 3.63) is 82.2 Å². The molecule has 0 saturated heterocycles. The lowest BCUT2D eigenvalue weighted by atomic mass is 9.93. The van der Waals surface area contributed by atoms with Crippen LogP contribution in [0.1, 0.15) is 66.9 Å². The van der Waals surface area contributed by atoms with Crippen molar-refractivity contribution in [2.24, 2.45) is 11.8 Å². The molecule has 0 aliphatic carbocycles. The molecule has 3 aromatic rings. The number of rotatable bonds is 7. The molecule has 0 saturated carbocycles. The van der Waals surface area contributed by atoms with Crippen LogP contribution in [0.25, 0.3) is 10.4 Å². The van der Waals surface area contributed by atoms with E-state index in [0.717, 1.165) is 16.2 Å². The molecule has 1 heterocycles. The van der Waals surface area contributed by atoms with Crippen LogP contribution in [0.3, 0.4) is 0 Å². The smallest absolute Gasteiger partial charge is 0.175 e. The van der Waals surface area contributed by atoms with Gasteiger partial charge in [-0.2, -0.15) is 0 Å². The summed E-state index contributed by atoms with van der Waals surface area (Å²) in [6.07, 6.45) is 0.927. The van der Waals surface area contributed by atoms with Gasteiger partial charge in [0.15, 0.2) is 5.78 Å². The number of Topliss-reactive ketones (excluding diaryl/α,β-unsaturated/α-hetero) is 1. The molecule has 2 aromatic carbocycles. The Kier molecular flexibility index (Phi) is 6.51. The summed E-state index contributed by atoms with van der Waals surface area (Å²) >= 11 is 1.61. The average molecular weight is 391 g/mol. The number of hydrogen-bond acceptors (Lipinski definition) is 2. The van der Waals surface area contributed by atoms with Gasteiger partial charge in [-0.05, 0) is 52.6 Å². The molecule has 0 bridgehead atoms. The molecule has 0 radical (unpaired) electrons. The van der Waals surface area contributed by atoms with Gasteiger partial charge in [0.2, 0.25) is 0 Å². The van der Waals surface area contributed by atoms with E-state index in [9.17, 15) is 4.79 Å². The lowest BCUT2D eigenvalue weighted by molar-refractivity contribution is 0.0904. The quantitative estimate of drug-likeness (QED) is 0.379. The number of ketones is 1. The zero-order chi connectivity index (χ0) is 20.3. The van der Waals surface area contributed by atoms with E-state index in [0.29, 0.717) is 11.8 Å². The second-order valence-electron chi connectivity index (χ2n) is 8.34. The third-order valence-corrected chi connectivity index (χ3v) is 6.65. The molecule has 0 aliphatic heterocycles. The first-order valence-corrected chi connectivity index (χ1v) is 11.0. The highest BCUT2D eigenvalue weighted by molar-refractivity contribution is 7.17. The molecule has 1 atom stereocenters. The topological polar surface area (TPSA) is 17.1 Å². The van der Waals surface area contributed by atoms with Crippen molar-refractivity contribution < 1.29 is 4.79 Å². The van der Waals surface area contributed by atoms with E-state index in [2.05, 4.69) is 82.3 Å². The number of hydrogen-bond donors (Lipinski definition) is 0. The normalized spacial score (nSPS) is 12.5. The molecule has 1 aromatic heterocycles. The summed E-state index contributed by atoms with van der Waals surface area (Å²) in [6, 6.07) is 21.6. The van der Waals surface area contributed by atoms with E-state index < -0.39 is 0 Å². The Hall–Kier alpha value is -2.19. The number of benzene rings is 2. The molecule has 0 spiro atoms. The van der Waals surface area contributed by atoms with Crippen LogP contribution in [0, 0.1) is 11.8 Å². The molecule has 1 unspecified atom stereocenters. The molecule has 146 valence electrons.